The maximum absolute atomic E-state index is 5.30. The van der Waals surface area contributed by atoms with Crippen LogP contribution < -0.4 is 5.32 Å². The second-order valence-electron chi connectivity index (χ2n) is 4.16. The molecule has 0 amide bonds. The molecule has 1 unspecified atom stereocenters. The Morgan fingerprint density at radius 3 is 3.00 bits per heavy atom. The summed E-state index contributed by atoms with van der Waals surface area (Å²) in [4.78, 5) is 2.34. The molecule has 1 atom stereocenters. The van der Waals surface area contributed by atoms with E-state index in [1.165, 1.54) is 0 Å². The van der Waals surface area contributed by atoms with E-state index >= 15 is 0 Å². The Morgan fingerprint density at radius 1 is 1.47 bits per heavy atom. The number of hydrogen-bond donors (Lipinski definition) is 1. The average molecular weight is 216 g/mol. The standard InChI is InChI=1S/C11H24N2O2/c1-13(6-3-8-14-2)7-5-12-11-4-9-15-10-11/h11-12H,3-10H2,1-2H3. The molecule has 1 N–H and O–H groups in total. The topological polar surface area (TPSA) is 33.7 Å². The Morgan fingerprint density at radius 2 is 2.33 bits per heavy atom. The summed E-state index contributed by atoms with van der Waals surface area (Å²) in [5.41, 5.74) is 0. The van der Waals surface area contributed by atoms with E-state index in [-0.39, 0.29) is 0 Å². The van der Waals surface area contributed by atoms with Crippen LogP contribution in [-0.2, 0) is 9.47 Å². The molecule has 0 radical (unpaired) electrons. The molecule has 4 heteroatoms. The first kappa shape index (κ1) is 12.9. The first-order valence-corrected chi connectivity index (χ1v) is 5.81. The lowest BCUT2D eigenvalue weighted by Gasteiger charge is -2.18. The maximum atomic E-state index is 5.30. The minimum absolute atomic E-state index is 0.581. The molecule has 1 aliphatic rings. The Balaban J connectivity index is 1.89. The lowest BCUT2D eigenvalue weighted by Crippen LogP contribution is -2.36. The van der Waals surface area contributed by atoms with E-state index in [0.29, 0.717) is 6.04 Å². The van der Waals surface area contributed by atoms with E-state index in [1.807, 2.05) is 0 Å². The van der Waals surface area contributed by atoms with Gasteiger partial charge in [0.05, 0.1) is 6.61 Å². The predicted octanol–water partition coefficient (Wildman–Crippen LogP) is 0.333. The zero-order valence-corrected chi connectivity index (χ0v) is 10.00. The van der Waals surface area contributed by atoms with Gasteiger partial charge in [0.25, 0.3) is 0 Å². The van der Waals surface area contributed by atoms with Gasteiger partial charge in [-0.05, 0) is 19.9 Å². The number of methoxy groups -OCH3 is 1. The van der Waals surface area contributed by atoms with Gasteiger partial charge in [-0.2, -0.15) is 0 Å². The molecular weight excluding hydrogens is 192 g/mol. The molecular formula is C11H24N2O2. The molecule has 1 aliphatic heterocycles. The van der Waals surface area contributed by atoms with Crippen LogP contribution in [0.5, 0.6) is 0 Å². The van der Waals surface area contributed by atoms with Crippen molar-refractivity contribution in [2.75, 3.05) is 53.6 Å². The minimum Gasteiger partial charge on any atom is -0.385 e. The van der Waals surface area contributed by atoms with Crippen molar-refractivity contribution in [1.82, 2.24) is 10.2 Å². The van der Waals surface area contributed by atoms with Crippen molar-refractivity contribution in [3.8, 4) is 0 Å². The van der Waals surface area contributed by atoms with Crippen LogP contribution in [-0.4, -0.2) is 64.6 Å². The van der Waals surface area contributed by atoms with Crippen molar-refractivity contribution in [2.45, 2.75) is 18.9 Å². The summed E-state index contributed by atoms with van der Waals surface area (Å²) in [6, 6.07) is 0.581. The van der Waals surface area contributed by atoms with Crippen LogP contribution in [0.4, 0.5) is 0 Å². The van der Waals surface area contributed by atoms with E-state index in [2.05, 4.69) is 17.3 Å². The second kappa shape index (κ2) is 8.05. The normalized spacial score (nSPS) is 21.4. The van der Waals surface area contributed by atoms with Crippen molar-refractivity contribution in [2.24, 2.45) is 0 Å². The van der Waals surface area contributed by atoms with E-state index in [1.54, 1.807) is 7.11 Å². The molecule has 0 aromatic heterocycles. The summed E-state index contributed by atoms with van der Waals surface area (Å²) in [7, 11) is 3.91. The van der Waals surface area contributed by atoms with Crippen LogP contribution in [0.15, 0.2) is 0 Å². The van der Waals surface area contributed by atoms with Crippen LogP contribution in [0.1, 0.15) is 12.8 Å². The summed E-state index contributed by atoms with van der Waals surface area (Å²) < 4.78 is 10.3. The highest BCUT2D eigenvalue weighted by Gasteiger charge is 2.14. The van der Waals surface area contributed by atoms with Crippen molar-refractivity contribution in [1.29, 1.82) is 0 Å². The van der Waals surface area contributed by atoms with Gasteiger partial charge in [0.2, 0.25) is 0 Å². The van der Waals surface area contributed by atoms with Crippen LogP contribution >= 0.6 is 0 Å². The van der Waals surface area contributed by atoms with Crippen LogP contribution in [0, 0.1) is 0 Å². The van der Waals surface area contributed by atoms with Crippen LogP contribution in [0.2, 0.25) is 0 Å². The number of likely N-dealkylation sites (N-methyl/N-ethyl adjacent to an activating group) is 1. The molecule has 0 aromatic rings. The summed E-state index contributed by atoms with van der Waals surface area (Å²) in [5, 5.41) is 3.50. The van der Waals surface area contributed by atoms with Gasteiger partial charge >= 0.3 is 0 Å². The molecule has 15 heavy (non-hydrogen) atoms. The first-order chi connectivity index (χ1) is 7.33. The van der Waals surface area contributed by atoms with Gasteiger partial charge in [0.15, 0.2) is 0 Å². The van der Waals surface area contributed by atoms with E-state index in [0.717, 1.165) is 52.3 Å². The third kappa shape index (κ3) is 6.10. The quantitative estimate of drug-likeness (QED) is 0.593. The van der Waals surface area contributed by atoms with Gasteiger partial charge in [-0.1, -0.05) is 0 Å². The van der Waals surface area contributed by atoms with Crippen molar-refractivity contribution >= 4 is 0 Å². The third-order valence-electron chi connectivity index (χ3n) is 2.74. The fourth-order valence-electron chi connectivity index (χ4n) is 1.75. The Labute approximate surface area is 92.9 Å². The summed E-state index contributed by atoms with van der Waals surface area (Å²) in [6.45, 7) is 5.91. The smallest absolute Gasteiger partial charge is 0.0620 e. The van der Waals surface area contributed by atoms with Gasteiger partial charge in [-0.25, -0.2) is 0 Å². The highest BCUT2D eigenvalue weighted by Crippen LogP contribution is 2.02. The molecule has 1 rings (SSSR count). The molecule has 0 saturated carbocycles. The molecule has 1 fully saturated rings. The molecule has 0 bridgehead atoms. The molecule has 0 spiro atoms. The van der Waals surface area contributed by atoms with Crippen molar-refractivity contribution in [3.63, 3.8) is 0 Å². The summed E-state index contributed by atoms with van der Waals surface area (Å²) in [6.07, 6.45) is 2.27. The average Bonchev–Trinajstić information content (AvgIpc) is 2.71. The van der Waals surface area contributed by atoms with Crippen LogP contribution in [0.3, 0.4) is 0 Å². The molecule has 1 heterocycles. The van der Waals surface area contributed by atoms with E-state index in [4.69, 9.17) is 9.47 Å². The molecule has 1 saturated heterocycles. The molecule has 0 aliphatic carbocycles. The first-order valence-electron chi connectivity index (χ1n) is 5.81. The Hall–Kier alpha value is -0.160. The zero-order valence-electron chi connectivity index (χ0n) is 10.00. The lowest BCUT2D eigenvalue weighted by atomic mass is 10.2. The maximum Gasteiger partial charge on any atom is 0.0620 e. The summed E-state index contributed by atoms with van der Waals surface area (Å²) >= 11 is 0. The van der Waals surface area contributed by atoms with Gasteiger partial charge in [-0.15, -0.1) is 0 Å². The third-order valence-corrected chi connectivity index (χ3v) is 2.74. The number of nitrogens with zero attached hydrogens (tertiary/aromatic N) is 1. The highest BCUT2D eigenvalue weighted by molar-refractivity contribution is 4.71. The minimum atomic E-state index is 0.581. The van der Waals surface area contributed by atoms with Crippen molar-refractivity contribution in [3.05, 3.63) is 0 Å². The number of nitrogens with one attached hydrogen (secondary N) is 1. The SMILES string of the molecule is COCCCN(C)CCNC1CCOC1. The second-order valence-corrected chi connectivity index (χ2v) is 4.16. The predicted molar refractivity (Wildman–Crippen MR) is 61.2 cm³/mol. The van der Waals surface area contributed by atoms with Gasteiger partial charge in [0, 0.05) is 46.0 Å². The Bertz CT molecular complexity index is 150. The molecule has 4 nitrogen and oxygen atoms in total. The van der Waals surface area contributed by atoms with Gasteiger partial charge in [0.1, 0.15) is 0 Å². The van der Waals surface area contributed by atoms with Crippen LogP contribution in [0.25, 0.3) is 0 Å². The Kier molecular flexibility index (Phi) is 6.92. The fourth-order valence-corrected chi connectivity index (χ4v) is 1.75. The van der Waals surface area contributed by atoms with E-state index < -0.39 is 0 Å². The molecule has 0 aromatic carbocycles. The van der Waals surface area contributed by atoms with Gasteiger partial charge in [-0.3, -0.25) is 0 Å². The highest BCUT2D eigenvalue weighted by atomic mass is 16.5. The summed E-state index contributed by atoms with van der Waals surface area (Å²) in [5.74, 6) is 0. The lowest BCUT2D eigenvalue weighted by molar-refractivity contribution is 0.177. The number of hydrogen-bond acceptors (Lipinski definition) is 4. The molecule has 90 valence electrons. The zero-order chi connectivity index (χ0) is 10.9. The van der Waals surface area contributed by atoms with Crippen molar-refractivity contribution < 1.29 is 9.47 Å². The van der Waals surface area contributed by atoms with E-state index in [9.17, 15) is 0 Å². The van der Waals surface area contributed by atoms with Gasteiger partial charge < -0.3 is 19.7 Å². The number of rotatable bonds is 8. The monoisotopic (exact) mass is 216 g/mol. The fraction of sp³-hybridized carbons (Fsp3) is 1.00. The largest absolute Gasteiger partial charge is 0.385 e. The number of ether oxygens (including phenoxy) is 2.